The highest BCUT2D eigenvalue weighted by Crippen LogP contribution is 2.28. The van der Waals surface area contributed by atoms with Crippen LogP contribution >= 0.6 is 0 Å². The van der Waals surface area contributed by atoms with Gasteiger partial charge in [0, 0.05) is 19.2 Å². The first kappa shape index (κ1) is 14.5. The fourth-order valence-corrected chi connectivity index (χ4v) is 1.56. The Bertz CT molecular complexity index is 681. The van der Waals surface area contributed by atoms with E-state index >= 15 is 0 Å². The molecule has 0 radical (unpaired) electrons. The van der Waals surface area contributed by atoms with Crippen molar-refractivity contribution in [3.8, 4) is 5.75 Å². The normalized spacial score (nSPS) is 10.3. The van der Waals surface area contributed by atoms with Crippen LogP contribution in [0.25, 0.3) is 0 Å². The third-order valence-electron chi connectivity index (χ3n) is 2.52. The molecule has 0 bridgehead atoms. The molecule has 0 aliphatic heterocycles. The van der Waals surface area contributed by atoms with Gasteiger partial charge in [-0.05, 0) is 6.07 Å². The van der Waals surface area contributed by atoms with Gasteiger partial charge in [-0.15, -0.1) is 0 Å². The molecule has 0 saturated heterocycles. The van der Waals surface area contributed by atoms with Gasteiger partial charge in [-0.25, -0.2) is 0 Å². The minimum absolute atomic E-state index is 0.000183. The van der Waals surface area contributed by atoms with Gasteiger partial charge in [0.15, 0.2) is 11.5 Å². The van der Waals surface area contributed by atoms with Crippen molar-refractivity contribution >= 4 is 17.3 Å². The van der Waals surface area contributed by atoms with Crippen LogP contribution in [0.5, 0.6) is 5.75 Å². The zero-order valence-electron chi connectivity index (χ0n) is 10.9. The third-order valence-corrected chi connectivity index (χ3v) is 2.52. The molecule has 0 saturated carbocycles. The summed E-state index contributed by atoms with van der Waals surface area (Å²) >= 11 is 0. The van der Waals surface area contributed by atoms with Gasteiger partial charge >= 0.3 is 0 Å². The van der Waals surface area contributed by atoms with Crippen molar-refractivity contribution in [3.63, 3.8) is 0 Å². The van der Waals surface area contributed by atoms with Crippen LogP contribution < -0.4 is 5.32 Å². The van der Waals surface area contributed by atoms with Crippen LogP contribution in [0, 0.1) is 10.1 Å². The molecule has 21 heavy (non-hydrogen) atoms. The number of phenolic OH excluding ortho intramolecular Hbond substituents is 1. The predicted molar refractivity (Wildman–Crippen MR) is 69.9 cm³/mol. The maximum Gasteiger partial charge on any atom is 0.277 e. The molecule has 0 aliphatic carbocycles. The van der Waals surface area contributed by atoms with Crippen LogP contribution in [0.1, 0.15) is 16.2 Å². The van der Waals surface area contributed by atoms with Crippen molar-refractivity contribution in [3.05, 3.63) is 45.8 Å². The lowest BCUT2D eigenvalue weighted by atomic mass is 10.2. The average molecular weight is 293 g/mol. The molecule has 1 aromatic heterocycles. The maximum atomic E-state index is 11.9. The molecule has 2 N–H and O–H groups in total. The third kappa shape index (κ3) is 3.34. The Hall–Kier alpha value is -2.94. The topological polar surface area (TPSA) is 128 Å². The van der Waals surface area contributed by atoms with E-state index in [1.807, 2.05) is 0 Å². The standard InChI is InChI=1S/C12H11N3O6/c1-20-6-8-5-10(14-21-8)12(17)13-9-3-2-7(15(18)19)4-11(9)16/h2-5,16H,6H2,1H3,(H,13,17). The molecule has 1 amide bonds. The van der Waals surface area contributed by atoms with Crippen molar-refractivity contribution in [2.24, 2.45) is 0 Å². The molecule has 1 heterocycles. The number of carbonyl (C=O) groups excluding carboxylic acids is 1. The van der Waals surface area contributed by atoms with Crippen LogP contribution in [0.3, 0.4) is 0 Å². The fourth-order valence-electron chi connectivity index (χ4n) is 1.56. The first-order valence-corrected chi connectivity index (χ1v) is 5.74. The number of aromatic nitrogens is 1. The van der Waals surface area contributed by atoms with E-state index < -0.39 is 16.6 Å². The number of aromatic hydroxyl groups is 1. The quantitative estimate of drug-likeness (QED) is 0.487. The van der Waals surface area contributed by atoms with Crippen LogP contribution in [0.15, 0.2) is 28.8 Å². The first-order valence-electron chi connectivity index (χ1n) is 5.74. The van der Waals surface area contributed by atoms with Crippen molar-refractivity contribution in [1.29, 1.82) is 0 Å². The summed E-state index contributed by atoms with van der Waals surface area (Å²) in [6.07, 6.45) is 0. The van der Waals surface area contributed by atoms with Crippen LogP contribution in [-0.4, -0.2) is 28.2 Å². The number of carbonyl (C=O) groups is 1. The number of non-ortho nitro benzene ring substituents is 1. The Balaban J connectivity index is 2.13. The number of anilines is 1. The smallest absolute Gasteiger partial charge is 0.277 e. The highest BCUT2D eigenvalue weighted by Gasteiger charge is 2.16. The summed E-state index contributed by atoms with van der Waals surface area (Å²) in [4.78, 5) is 21.8. The molecule has 1 aromatic carbocycles. The van der Waals surface area contributed by atoms with E-state index in [4.69, 9.17) is 9.26 Å². The van der Waals surface area contributed by atoms with Gasteiger partial charge in [0.2, 0.25) is 0 Å². The lowest BCUT2D eigenvalue weighted by Gasteiger charge is -2.04. The zero-order valence-corrected chi connectivity index (χ0v) is 10.9. The number of amides is 1. The summed E-state index contributed by atoms with van der Waals surface area (Å²) in [5.74, 6) is -0.668. The minimum atomic E-state index is -0.653. The van der Waals surface area contributed by atoms with E-state index in [-0.39, 0.29) is 23.7 Å². The summed E-state index contributed by atoms with van der Waals surface area (Å²) in [5, 5.41) is 26.1. The summed E-state index contributed by atoms with van der Waals surface area (Å²) < 4.78 is 9.68. The molecule has 2 aromatic rings. The highest BCUT2D eigenvalue weighted by molar-refractivity contribution is 6.03. The maximum absolute atomic E-state index is 11.9. The molecule has 9 heteroatoms. The second-order valence-electron chi connectivity index (χ2n) is 4.02. The molecule has 0 spiro atoms. The van der Waals surface area contributed by atoms with Gasteiger partial charge in [0.25, 0.3) is 11.6 Å². The van der Waals surface area contributed by atoms with Gasteiger partial charge in [0.05, 0.1) is 16.7 Å². The van der Waals surface area contributed by atoms with Crippen molar-refractivity contribution < 1.29 is 24.1 Å². The molecule has 0 unspecified atom stereocenters. The second-order valence-corrected chi connectivity index (χ2v) is 4.02. The Kier molecular flexibility index (Phi) is 4.14. The lowest BCUT2D eigenvalue weighted by Crippen LogP contribution is -2.12. The fraction of sp³-hybridized carbons (Fsp3) is 0.167. The SMILES string of the molecule is COCc1cc(C(=O)Nc2ccc([N+](=O)[O-])cc2O)no1. The number of nitrogens with zero attached hydrogens (tertiary/aromatic N) is 2. The van der Waals surface area contributed by atoms with E-state index in [9.17, 15) is 20.0 Å². The Morgan fingerprint density at radius 1 is 1.52 bits per heavy atom. The van der Waals surface area contributed by atoms with E-state index in [0.717, 1.165) is 12.1 Å². The number of rotatable bonds is 5. The van der Waals surface area contributed by atoms with Gasteiger partial charge in [-0.2, -0.15) is 0 Å². The summed E-state index contributed by atoms with van der Waals surface area (Å²) in [6, 6.07) is 4.71. The Morgan fingerprint density at radius 3 is 2.90 bits per heavy atom. The number of phenols is 1. The summed E-state index contributed by atoms with van der Waals surface area (Å²) in [5.41, 5.74) is -0.254. The highest BCUT2D eigenvalue weighted by atomic mass is 16.6. The monoisotopic (exact) mass is 293 g/mol. The van der Waals surface area contributed by atoms with Gasteiger partial charge < -0.3 is 19.7 Å². The Morgan fingerprint density at radius 2 is 2.29 bits per heavy atom. The first-order chi connectivity index (χ1) is 10.0. The predicted octanol–water partition coefficient (Wildman–Crippen LogP) is 1.69. The molecular weight excluding hydrogens is 282 g/mol. The molecule has 0 atom stereocenters. The van der Waals surface area contributed by atoms with Crippen LogP contribution in [-0.2, 0) is 11.3 Å². The zero-order chi connectivity index (χ0) is 15.4. The molecule has 9 nitrogen and oxygen atoms in total. The van der Waals surface area contributed by atoms with Gasteiger partial charge in [-0.3, -0.25) is 14.9 Å². The van der Waals surface area contributed by atoms with Crippen molar-refractivity contribution in [2.45, 2.75) is 6.61 Å². The number of benzene rings is 1. The molecular formula is C12H11N3O6. The summed E-state index contributed by atoms with van der Waals surface area (Å²) in [6.45, 7) is 0.170. The minimum Gasteiger partial charge on any atom is -0.506 e. The van der Waals surface area contributed by atoms with Crippen LogP contribution in [0.4, 0.5) is 11.4 Å². The Labute approximate surface area is 118 Å². The van der Waals surface area contributed by atoms with Crippen molar-refractivity contribution in [2.75, 3.05) is 12.4 Å². The van der Waals surface area contributed by atoms with E-state index in [1.165, 1.54) is 19.2 Å². The van der Waals surface area contributed by atoms with E-state index in [1.54, 1.807) is 0 Å². The number of nitrogens with one attached hydrogen (secondary N) is 1. The number of hydrogen-bond donors (Lipinski definition) is 2. The molecule has 0 fully saturated rings. The average Bonchev–Trinajstić information content (AvgIpc) is 2.90. The lowest BCUT2D eigenvalue weighted by molar-refractivity contribution is -0.384. The van der Waals surface area contributed by atoms with E-state index in [0.29, 0.717) is 5.76 Å². The summed E-state index contributed by atoms with van der Waals surface area (Å²) in [7, 11) is 1.47. The number of nitro benzene ring substituents is 1. The number of hydrogen-bond acceptors (Lipinski definition) is 7. The molecule has 2 rings (SSSR count). The van der Waals surface area contributed by atoms with Gasteiger partial charge in [-0.1, -0.05) is 5.16 Å². The van der Waals surface area contributed by atoms with Crippen LogP contribution in [0.2, 0.25) is 0 Å². The van der Waals surface area contributed by atoms with E-state index in [2.05, 4.69) is 10.5 Å². The largest absolute Gasteiger partial charge is 0.506 e. The van der Waals surface area contributed by atoms with Crippen molar-refractivity contribution in [1.82, 2.24) is 5.16 Å². The number of methoxy groups -OCH3 is 1. The molecule has 110 valence electrons. The molecule has 0 aliphatic rings. The second kappa shape index (κ2) is 6.01. The number of nitro groups is 1. The number of ether oxygens (including phenoxy) is 1. The van der Waals surface area contributed by atoms with Gasteiger partial charge in [0.1, 0.15) is 12.4 Å².